The maximum atomic E-state index is 13.3. The second kappa shape index (κ2) is 12.1. The van der Waals surface area contributed by atoms with Crippen molar-refractivity contribution in [1.29, 1.82) is 0 Å². The molecule has 2 heterocycles. The summed E-state index contributed by atoms with van der Waals surface area (Å²) in [4.78, 5) is 18.3. The normalized spacial score (nSPS) is 16.8. The number of ether oxygens (including phenoxy) is 1. The Morgan fingerprint density at radius 3 is 2.59 bits per heavy atom. The van der Waals surface area contributed by atoms with Crippen molar-refractivity contribution >= 4 is 28.5 Å². The van der Waals surface area contributed by atoms with Gasteiger partial charge in [-0.3, -0.25) is 15.1 Å². The molecule has 0 saturated heterocycles. The first-order valence-corrected chi connectivity index (χ1v) is 13.4. The summed E-state index contributed by atoms with van der Waals surface area (Å²) in [5, 5.41) is 11.9. The minimum Gasteiger partial charge on any atom is -0.493 e. The lowest BCUT2D eigenvalue weighted by atomic mass is 10.1. The van der Waals surface area contributed by atoms with Crippen molar-refractivity contribution in [3.05, 3.63) is 64.7 Å². The summed E-state index contributed by atoms with van der Waals surface area (Å²) >= 11 is 1.60. The summed E-state index contributed by atoms with van der Waals surface area (Å²) in [6.45, 7) is 5.05. The van der Waals surface area contributed by atoms with Crippen molar-refractivity contribution in [3.8, 4) is 5.75 Å². The number of hydrogen-bond acceptors (Lipinski definition) is 6. The van der Waals surface area contributed by atoms with Crippen molar-refractivity contribution in [2.45, 2.75) is 65.0 Å². The molecule has 4 rings (SSSR count). The molecule has 2 aromatic carbocycles. The monoisotopic (exact) mass is 478 g/mol. The molecule has 180 valence electrons. The Balaban J connectivity index is 1.67. The molecule has 6 nitrogen and oxygen atoms in total. The Morgan fingerprint density at radius 2 is 1.74 bits per heavy atom. The van der Waals surface area contributed by atoms with Crippen LogP contribution in [0.25, 0.3) is 5.70 Å². The molecular weight excluding hydrogens is 444 g/mol. The Morgan fingerprint density at radius 1 is 0.971 bits per heavy atom. The average molecular weight is 479 g/mol. The molecule has 1 atom stereocenters. The molecule has 0 aromatic heterocycles. The largest absolute Gasteiger partial charge is 0.493 e. The van der Waals surface area contributed by atoms with E-state index in [1.54, 1.807) is 16.8 Å². The summed E-state index contributed by atoms with van der Waals surface area (Å²) in [6, 6.07) is 15.7. The van der Waals surface area contributed by atoms with E-state index in [0.717, 1.165) is 53.3 Å². The Kier molecular flexibility index (Phi) is 8.63. The topological polar surface area (TPSA) is 66.3 Å². The Labute approximate surface area is 206 Å². The standard InChI is InChI=1S/C27H34N4O2S/c1-3-5-7-13-19-34-27-29-26(32)24-20-14-8-10-16-22(20)28-25(31(24)30-27)21-15-9-11-17-23(21)33-18-12-6-4-2/h8-11,14-17,25H,3-7,12-13,18-19H2,1-2H3,(H,29,30,32). The van der Waals surface area contributed by atoms with E-state index in [0.29, 0.717) is 17.5 Å². The van der Waals surface area contributed by atoms with Crippen LogP contribution >= 0.6 is 11.8 Å². The van der Waals surface area contributed by atoms with Crippen LogP contribution in [0.15, 0.2) is 58.6 Å². The van der Waals surface area contributed by atoms with Crippen molar-refractivity contribution in [1.82, 2.24) is 10.3 Å². The van der Waals surface area contributed by atoms with Gasteiger partial charge in [-0.05, 0) is 25.0 Å². The van der Waals surface area contributed by atoms with Crippen LogP contribution in [-0.4, -0.2) is 28.4 Å². The lowest BCUT2D eigenvalue weighted by Crippen LogP contribution is -2.50. The highest BCUT2D eigenvalue weighted by atomic mass is 32.2. The van der Waals surface area contributed by atoms with E-state index in [2.05, 4.69) is 19.2 Å². The van der Waals surface area contributed by atoms with E-state index in [1.807, 2.05) is 48.5 Å². The molecule has 1 unspecified atom stereocenters. The maximum Gasteiger partial charge on any atom is 0.276 e. The number of nitrogens with zero attached hydrogens (tertiary/aromatic N) is 3. The van der Waals surface area contributed by atoms with Crippen LogP contribution < -0.4 is 20.6 Å². The van der Waals surface area contributed by atoms with Gasteiger partial charge in [0.05, 0.1) is 12.0 Å². The first kappa shape index (κ1) is 24.3. The summed E-state index contributed by atoms with van der Waals surface area (Å²) < 4.78 is 6.17. The number of amides is 1. The summed E-state index contributed by atoms with van der Waals surface area (Å²) in [7, 11) is 0. The van der Waals surface area contributed by atoms with E-state index in [-0.39, 0.29) is 5.91 Å². The lowest BCUT2D eigenvalue weighted by molar-refractivity contribution is -0.116. The van der Waals surface area contributed by atoms with Crippen molar-refractivity contribution < 1.29 is 9.53 Å². The molecule has 0 aliphatic carbocycles. The van der Waals surface area contributed by atoms with Gasteiger partial charge in [0, 0.05) is 16.5 Å². The molecule has 0 spiro atoms. The van der Waals surface area contributed by atoms with Gasteiger partial charge in [-0.25, -0.2) is 5.01 Å². The number of unbranched alkanes of at least 4 members (excludes halogenated alkanes) is 5. The van der Waals surface area contributed by atoms with Crippen molar-refractivity contribution in [2.24, 2.45) is 10.1 Å². The molecular formula is C27H34N4O2S. The number of fused-ring (bicyclic) bond motifs is 2. The summed E-state index contributed by atoms with van der Waals surface area (Å²) in [5.74, 6) is 1.58. The van der Waals surface area contributed by atoms with Gasteiger partial charge in [0.25, 0.3) is 5.91 Å². The van der Waals surface area contributed by atoms with Gasteiger partial charge >= 0.3 is 0 Å². The predicted molar refractivity (Wildman–Crippen MR) is 139 cm³/mol. The second-order valence-electron chi connectivity index (χ2n) is 8.57. The molecule has 0 saturated carbocycles. The first-order chi connectivity index (χ1) is 16.7. The van der Waals surface area contributed by atoms with E-state index in [1.165, 1.54) is 19.3 Å². The van der Waals surface area contributed by atoms with Crippen LogP contribution in [0.5, 0.6) is 5.75 Å². The quantitative estimate of drug-likeness (QED) is 0.475. The highest BCUT2D eigenvalue weighted by molar-refractivity contribution is 8.13. The zero-order chi connectivity index (χ0) is 23.8. The lowest BCUT2D eigenvalue weighted by Gasteiger charge is -2.34. The fourth-order valence-corrected chi connectivity index (χ4v) is 5.00. The smallest absolute Gasteiger partial charge is 0.276 e. The third kappa shape index (κ3) is 5.63. The zero-order valence-electron chi connectivity index (χ0n) is 20.1. The number of thioether (sulfide) groups is 1. The minimum absolute atomic E-state index is 0.139. The number of carbonyl (C=O) groups excluding carboxylic acids is 1. The van der Waals surface area contributed by atoms with Gasteiger partial charge in [0.15, 0.2) is 11.3 Å². The van der Waals surface area contributed by atoms with Crippen LogP contribution in [0.4, 0.5) is 0 Å². The highest BCUT2D eigenvalue weighted by Gasteiger charge is 2.35. The molecule has 2 aromatic rings. The number of nitrogens with one attached hydrogen (secondary N) is 1. The van der Waals surface area contributed by atoms with Gasteiger partial charge in [-0.15, -0.1) is 5.10 Å². The second-order valence-corrected chi connectivity index (χ2v) is 9.66. The van der Waals surface area contributed by atoms with Crippen LogP contribution in [0.1, 0.15) is 70.5 Å². The molecule has 1 amide bonds. The molecule has 2 aliphatic heterocycles. The average Bonchev–Trinajstić information content (AvgIpc) is 2.86. The number of para-hydroxylation sites is 2. The minimum atomic E-state index is -0.464. The predicted octanol–water partition coefficient (Wildman–Crippen LogP) is 4.71. The SMILES string of the molecule is CCCCCCSC1=NN2C(=c3ccccc3=NC2c2ccccc2OCCCCC)C(=O)N1. The van der Waals surface area contributed by atoms with E-state index >= 15 is 0 Å². The van der Waals surface area contributed by atoms with E-state index < -0.39 is 6.17 Å². The summed E-state index contributed by atoms with van der Waals surface area (Å²) in [6.07, 6.45) is 7.57. The molecule has 2 aliphatic rings. The molecule has 0 fully saturated rings. The number of hydrogen-bond donors (Lipinski definition) is 1. The molecule has 0 bridgehead atoms. The number of carbonyl (C=O) groups is 1. The van der Waals surface area contributed by atoms with Gasteiger partial charge in [0.1, 0.15) is 11.4 Å². The number of hydrazone groups is 1. The maximum absolute atomic E-state index is 13.3. The van der Waals surface area contributed by atoms with Gasteiger partial charge in [-0.2, -0.15) is 0 Å². The number of benzene rings is 2. The van der Waals surface area contributed by atoms with Crippen LogP contribution in [-0.2, 0) is 4.79 Å². The fourth-order valence-electron chi connectivity index (χ4n) is 4.15. The van der Waals surface area contributed by atoms with Crippen LogP contribution in [0, 0.1) is 0 Å². The van der Waals surface area contributed by atoms with E-state index in [4.69, 9.17) is 14.8 Å². The number of amidine groups is 1. The van der Waals surface area contributed by atoms with Crippen LogP contribution in [0.2, 0.25) is 0 Å². The number of rotatable bonds is 11. The Bertz CT molecular complexity index is 1150. The van der Waals surface area contributed by atoms with Gasteiger partial charge in [0.2, 0.25) is 0 Å². The van der Waals surface area contributed by atoms with Crippen molar-refractivity contribution in [3.63, 3.8) is 0 Å². The fraction of sp³-hybridized carbons (Fsp3) is 0.444. The Hall–Kier alpha value is -2.80. The van der Waals surface area contributed by atoms with Crippen LogP contribution in [0.3, 0.4) is 0 Å². The van der Waals surface area contributed by atoms with Gasteiger partial charge < -0.3 is 4.74 Å². The van der Waals surface area contributed by atoms with E-state index in [9.17, 15) is 4.79 Å². The first-order valence-electron chi connectivity index (χ1n) is 12.4. The molecule has 1 N–H and O–H groups in total. The van der Waals surface area contributed by atoms with Crippen molar-refractivity contribution in [2.75, 3.05) is 12.4 Å². The third-order valence-electron chi connectivity index (χ3n) is 5.95. The molecule has 0 radical (unpaired) electrons. The third-order valence-corrected chi connectivity index (χ3v) is 6.90. The highest BCUT2D eigenvalue weighted by Crippen LogP contribution is 2.35. The molecule has 34 heavy (non-hydrogen) atoms. The van der Waals surface area contributed by atoms with Gasteiger partial charge in [-0.1, -0.05) is 94.1 Å². The zero-order valence-corrected chi connectivity index (χ0v) is 20.9. The molecule has 7 heteroatoms. The summed E-state index contributed by atoms with van der Waals surface area (Å²) in [5.41, 5.74) is 1.45.